The third kappa shape index (κ3) is 3.76. The van der Waals surface area contributed by atoms with Gasteiger partial charge in [-0.15, -0.1) is 11.8 Å². The van der Waals surface area contributed by atoms with Crippen LogP contribution >= 0.6 is 69.8 Å². The highest BCUT2D eigenvalue weighted by atomic mass is 35.5. The summed E-state index contributed by atoms with van der Waals surface area (Å²) in [5.74, 6) is 0.765. The number of halogens is 5. The Morgan fingerprint density at radius 1 is 0.778 bits per heavy atom. The van der Waals surface area contributed by atoms with Crippen molar-refractivity contribution in [3.8, 4) is 0 Å². The quantitative estimate of drug-likeness (QED) is 0.258. The summed E-state index contributed by atoms with van der Waals surface area (Å²) in [5.41, 5.74) is 0. The van der Waals surface area contributed by atoms with E-state index >= 15 is 0 Å². The van der Waals surface area contributed by atoms with Crippen molar-refractivity contribution >= 4 is 69.8 Å². The zero-order chi connectivity index (χ0) is 13.9. The molecule has 0 aromatic heterocycles. The lowest BCUT2D eigenvalue weighted by molar-refractivity contribution is 0.358. The summed E-state index contributed by atoms with van der Waals surface area (Å²) in [6, 6.07) is 0. The van der Waals surface area contributed by atoms with Crippen LogP contribution in [0.25, 0.3) is 0 Å². The standard InChI is InChI=1S/C11H12Cl5NS/c1-3-17(4-2)5-18-11-9(15)7(13)6(12)8(14)10(11)16/h3-5H2,1-2H3. The van der Waals surface area contributed by atoms with Crippen molar-refractivity contribution in [1.29, 1.82) is 0 Å². The molecule has 18 heavy (non-hydrogen) atoms. The van der Waals surface area contributed by atoms with Gasteiger partial charge in [-0.2, -0.15) is 0 Å². The first kappa shape index (κ1) is 17.0. The molecule has 1 nitrogen and oxygen atoms in total. The summed E-state index contributed by atoms with van der Waals surface area (Å²) in [6.45, 7) is 6.09. The molecule has 0 unspecified atom stereocenters. The molecular weight excluding hydrogens is 355 g/mol. The van der Waals surface area contributed by atoms with Gasteiger partial charge in [-0.3, -0.25) is 4.90 Å². The third-order valence-electron chi connectivity index (χ3n) is 2.46. The molecule has 7 heteroatoms. The molecule has 0 amide bonds. The Morgan fingerprint density at radius 3 is 1.56 bits per heavy atom. The highest BCUT2D eigenvalue weighted by molar-refractivity contribution is 7.99. The lowest BCUT2D eigenvalue weighted by atomic mass is 10.3. The molecule has 0 atom stereocenters. The lowest BCUT2D eigenvalue weighted by Gasteiger charge is -2.19. The molecule has 0 saturated heterocycles. The zero-order valence-electron chi connectivity index (χ0n) is 9.87. The molecule has 0 aliphatic carbocycles. The Kier molecular flexibility index (Phi) is 7.27. The van der Waals surface area contributed by atoms with E-state index in [1.807, 2.05) is 0 Å². The monoisotopic (exact) mass is 365 g/mol. The van der Waals surface area contributed by atoms with Crippen LogP contribution < -0.4 is 0 Å². The van der Waals surface area contributed by atoms with Gasteiger partial charge in [0.1, 0.15) is 0 Å². The van der Waals surface area contributed by atoms with Gasteiger partial charge in [0.25, 0.3) is 0 Å². The second-order valence-electron chi connectivity index (χ2n) is 3.48. The van der Waals surface area contributed by atoms with E-state index in [0.29, 0.717) is 14.9 Å². The van der Waals surface area contributed by atoms with E-state index in [0.717, 1.165) is 19.0 Å². The first-order valence-electron chi connectivity index (χ1n) is 5.30. The topological polar surface area (TPSA) is 3.24 Å². The van der Waals surface area contributed by atoms with Crippen molar-refractivity contribution in [1.82, 2.24) is 4.90 Å². The van der Waals surface area contributed by atoms with Gasteiger partial charge in [-0.25, -0.2) is 0 Å². The predicted molar refractivity (Wildman–Crippen MR) is 85.1 cm³/mol. The van der Waals surface area contributed by atoms with Crippen LogP contribution in [0.3, 0.4) is 0 Å². The minimum absolute atomic E-state index is 0.195. The van der Waals surface area contributed by atoms with Crippen LogP contribution in [0.5, 0.6) is 0 Å². The Labute approximate surface area is 137 Å². The Balaban J connectivity index is 3.03. The summed E-state index contributed by atoms with van der Waals surface area (Å²) in [5, 5.41) is 1.39. The van der Waals surface area contributed by atoms with Crippen LogP contribution in [-0.2, 0) is 0 Å². The van der Waals surface area contributed by atoms with Crippen LogP contribution in [0.15, 0.2) is 4.90 Å². The van der Waals surface area contributed by atoms with Crippen molar-refractivity contribution in [3.05, 3.63) is 25.1 Å². The Morgan fingerprint density at radius 2 is 1.17 bits per heavy atom. The van der Waals surface area contributed by atoms with Crippen LogP contribution in [-0.4, -0.2) is 23.9 Å². The first-order chi connectivity index (χ1) is 8.43. The fourth-order valence-corrected chi connectivity index (χ4v) is 3.99. The average Bonchev–Trinajstić information content (AvgIpc) is 2.38. The van der Waals surface area contributed by atoms with Crippen LogP contribution in [0.2, 0.25) is 25.1 Å². The Bertz CT molecular complexity index is 405. The highest BCUT2D eigenvalue weighted by Gasteiger charge is 2.19. The first-order valence-corrected chi connectivity index (χ1v) is 8.18. The average molecular weight is 368 g/mol. The van der Waals surface area contributed by atoms with Gasteiger partial charge in [-0.1, -0.05) is 71.9 Å². The normalized spacial score (nSPS) is 11.3. The summed E-state index contributed by atoms with van der Waals surface area (Å²) >= 11 is 31.7. The summed E-state index contributed by atoms with van der Waals surface area (Å²) in [4.78, 5) is 2.90. The van der Waals surface area contributed by atoms with E-state index in [1.165, 1.54) is 11.8 Å². The highest BCUT2D eigenvalue weighted by Crippen LogP contribution is 2.47. The molecule has 0 fully saturated rings. The van der Waals surface area contributed by atoms with Gasteiger partial charge >= 0.3 is 0 Å². The van der Waals surface area contributed by atoms with E-state index in [-0.39, 0.29) is 15.1 Å². The van der Waals surface area contributed by atoms with Gasteiger partial charge in [0, 0.05) is 10.8 Å². The van der Waals surface area contributed by atoms with Gasteiger partial charge in [0.05, 0.1) is 25.1 Å². The maximum Gasteiger partial charge on any atom is 0.0809 e. The Hall–Kier alpha value is 0.980. The van der Waals surface area contributed by atoms with Crippen molar-refractivity contribution in [2.75, 3.05) is 19.0 Å². The minimum Gasteiger partial charge on any atom is -0.294 e. The van der Waals surface area contributed by atoms with Crippen molar-refractivity contribution < 1.29 is 0 Å². The summed E-state index contributed by atoms with van der Waals surface area (Å²) < 4.78 is 0. The number of benzene rings is 1. The van der Waals surface area contributed by atoms with Crippen LogP contribution in [0.1, 0.15) is 13.8 Å². The second-order valence-corrected chi connectivity index (χ2v) is 6.32. The predicted octanol–water partition coefficient (Wildman–Crippen LogP) is 6.35. The molecule has 1 aromatic carbocycles. The van der Waals surface area contributed by atoms with Gasteiger partial charge in [0.2, 0.25) is 0 Å². The molecule has 0 heterocycles. The van der Waals surface area contributed by atoms with E-state index in [4.69, 9.17) is 58.0 Å². The fourth-order valence-electron chi connectivity index (χ4n) is 1.27. The molecule has 1 aromatic rings. The molecule has 102 valence electrons. The molecule has 0 spiro atoms. The minimum atomic E-state index is 0.195. The SMILES string of the molecule is CCN(CC)CSc1c(Cl)c(Cl)c(Cl)c(Cl)c1Cl. The molecule has 0 aliphatic heterocycles. The smallest absolute Gasteiger partial charge is 0.0809 e. The van der Waals surface area contributed by atoms with E-state index in [1.54, 1.807) is 0 Å². The van der Waals surface area contributed by atoms with Crippen molar-refractivity contribution in [2.24, 2.45) is 0 Å². The summed E-state index contributed by atoms with van der Waals surface area (Å²) in [6.07, 6.45) is 0. The summed E-state index contributed by atoms with van der Waals surface area (Å²) in [7, 11) is 0. The second kappa shape index (κ2) is 7.68. The van der Waals surface area contributed by atoms with Gasteiger partial charge < -0.3 is 0 Å². The van der Waals surface area contributed by atoms with Crippen LogP contribution in [0, 0.1) is 0 Å². The van der Waals surface area contributed by atoms with Crippen molar-refractivity contribution in [2.45, 2.75) is 18.7 Å². The largest absolute Gasteiger partial charge is 0.294 e. The molecule has 0 saturated carbocycles. The number of nitrogens with zero attached hydrogens (tertiary/aromatic N) is 1. The number of rotatable bonds is 5. The van der Waals surface area contributed by atoms with Gasteiger partial charge in [0.15, 0.2) is 0 Å². The maximum atomic E-state index is 6.15. The number of hydrogen-bond acceptors (Lipinski definition) is 2. The van der Waals surface area contributed by atoms with E-state index < -0.39 is 0 Å². The fraction of sp³-hybridized carbons (Fsp3) is 0.455. The van der Waals surface area contributed by atoms with Gasteiger partial charge in [-0.05, 0) is 13.1 Å². The molecule has 0 radical (unpaired) electrons. The van der Waals surface area contributed by atoms with E-state index in [9.17, 15) is 0 Å². The molecule has 0 bridgehead atoms. The number of thioether (sulfide) groups is 1. The van der Waals surface area contributed by atoms with Crippen molar-refractivity contribution in [3.63, 3.8) is 0 Å². The molecule has 0 aliphatic rings. The maximum absolute atomic E-state index is 6.15. The molecule has 1 rings (SSSR count). The molecule has 0 N–H and O–H groups in total. The third-order valence-corrected chi connectivity index (χ3v) is 6.15. The van der Waals surface area contributed by atoms with E-state index in [2.05, 4.69) is 18.7 Å². The lowest BCUT2D eigenvalue weighted by Crippen LogP contribution is -2.21. The number of hydrogen-bond donors (Lipinski definition) is 0. The zero-order valence-corrected chi connectivity index (χ0v) is 14.5. The molecular formula is C11H12Cl5NS. The van der Waals surface area contributed by atoms with Crippen LogP contribution in [0.4, 0.5) is 0 Å².